The molecule has 0 aliphatic heterocycles. The highest BCUT2D eigenvalue weighted by Crippen LogP contribution is 2.28. The Morgan fingerprint density at radius 3 is 2.48 bits per heavy atom. The second-order valence-electron chi connectivity index (χ2n) is 6.14. The molecule has 0 radical (unpaired) electrons. The first-order chi connectivity index (χ1) is 14.2. The highest BCUT2D eigenvalue weighted by atomic mass is 79.9. The quantitative estimate of drug-likeness (QED) is 0.245. The first kappa shape index (κ1) is 19.7. The zero-order valence-electron chi connectivity index (χ0n) is 15.3. The monoisotopic (exact) mass is 469 g/mol. The van der Waals surface area contributed by atoms with Crippen molar-refractivity contribution in [3.8, 4) is 22.8 Å². The summed E-state index contributed by atoms with van der Waals surface area (Å²) in [5.74, 6) is 1.94. The maximum Gasteiger partial charge on any atom is 0.196 e. The number of nitrogens with zero attached hydrogens (tertiary/aromatic N) is 3. The van der Waals surface area contributed by atoms with Gasteiger partial charge in [0.05, 0.1) is 6.61 Å². The van der Waals surface area contributed by atoms with E-state index in [9.17, 15) is 4.39 Å². The van der Waals surface area contributed by atoms with E-state index in [-0.39, 0.29) is 5.82 Å². The van der Waals surface area contributed by atoms with Crippen LogP contribution in [0, 0.1) is 5.82 Å². The van der Waals surface area contributed by atoms with E-state index >= 15 is 0 Å². The second-order valence-corrected chi connectivity index (χ2v) is 8.12. The molecule has 0 fully saturated rings. The fourth-order valence-electron chi connectivity index (χ4n) is 2.81. The number of halogens is 2. The lowest BCUT2D eigenvalue weighted by atomic mass is 10.2. The third-order valence-electron chi connectivity index (χ3n) is 4.13. The molecular formula is C22H17BrFN3OS. The van der Waals surface area contributed by atoms with Gasteiger partial charge in [0.15, 0.2) is 11.0 Å². The van der Waals surface area contributed by atoms with Crippen molar-refractivity contribution in [2.24, 2.45) is 0 Å². The number of thioether (sulfide) groups is 1. The molecule has 4 aromatic rings. The van der Waals surface area contributed by atoms with Gasteiger partial charge in [-0.15, -0.1) is 10.2 Å². The summed E-state index contributed by atoms with van der Waals surface area (Å²) in [4.78, 5) is 0. The van der Waals surface area contributed by atoms with Crippen molar-refractivity contribution in [3.63, 3.8) is 0 Å². The summed E-state index contributed by atoms with van der Waals surface area (Å²) in [5, 5.41) is 9.48. The van der Waals surface area contributed by atoms with Crippen molar-refractivity contribution in [2.45, 2.75) is 5.16 Å². The van der Waals surface area contributed by atoms with Crippen LogP contribution in [0.3, 0.4) is 0 Å². The van der Waals surface area contributed by atoms with Crippen LogP contribution in [0.25, 0.3) is 17.1 Å². The van der Waals surface area contributed by atoms with Gasteiger partial charge in [-0.25, -0.2) is 4.39 Å². The van der Waals surface area contributed by atoms with E-state index in [1.54, 1.807) is 23.9 Å². The van der Waals surface area contributed by atoms with Crippen LogP contribution in [0.5, 0.6) is 5.75 Å². The lowest BCUT2D eigenvalue weighted by molar-refractivity contribution is 0.343. The highest BCUT2D eigenvalue weighted by molar-refractivity contribution is 9.10. The van der Waals surface area contributed by atoms with Crippen molar-refractivity contribution in [2.75, 3.05) is 12.4 Å². The third-order valence-corrected chi connectivity index (χ3v) is 5.52. The minimum Gasteiger partial charge on any atom is -0.493 e. The number of aromatic nitrogens is 3. The zero-order chi connectivity index (χ0) is 20.1. The molecule has 1 aromatic heterocycles. The normalized spacial score (nSPS) is 10.8. The minimum absolute atomic E-state index is 0.278. The van der Waals surface area contributed by atoms with Crippen molar-refractivity contribution in [1.82, 2.24) is 14.8 Å². The molecule has 1 heterocycles. The average Bonchev–Trinajstić information content (AvgIpc) is 3.16. The summed E-state index contributed by atoms with van der Waals surface area (Å²) in [6.07, 6.45) is 0. The third kappa shape index (κ3) is 4.86. The first-order valence-electron chi connectivity index (χ1n) is 8.99. The van der Waals surface area contributed by atoms with Crippen LogP contribution in [0.15, 0.2) is 88.5 Å². The van der Waals surface area contributed by atoms with Crippen LogP contribution in [0.1, 0.15) is 0 Å². The molecule has 4 nitrogen and oxygen atoms in total. The van der Waals surface area contributed by atoms with Crippen LogP contribution in [0.2, 0.25) is 0 Å². The van der Waals surface area contributed by atoms with E-state index in [2.05, 4.69) is 26.1 Å². The van der Waals surface area contributed by atoms with Gasteiger partial charge in [-0.2, -0.15) is 0 Å². The molecule has 0 saturated heterocycles. The molecule has 3 aromatic carbocycles. The number of rotatable bonds is 7. The zero-order valence-corrected chi connectivity index (χ0v) is 17.7. The minimum atomic E-state index is -0.278. The predicted molar refractivity (Wildman–Crippen MR) is 117 cm³/mol. The molecule has 29 heavy (non-hydrogen) atoms. The van der Waals surface area contributed by atoms with Gasteiger partial charge < -0.3 is 4.74 Å². The Kier molecular flexibility index (Phi) is 6.27. The first-order valence-corrected chi connectivity index (χ1v) is 10.8. The summed E-state index contributed by atoms with van der Waals surface area (Å²) in [7, 11) is 0. The molecule has 0 aliphatic rings. The van der Waals surface area contributed by atoms with E-state index in [1.165, 1.54) is 12.1 Å². The standard InChI is InChI=1S/C22H17BrFN3OS/c23-17-7-4-8-20(15-17)28-13-14-29-22-26-25-21(16-5-2-1-3-6-16)27(22)19-11-9-18(24)10-12-19/h1-12,15H,13-14H2. The van der Waals surface area contributed by atoms with Crippen molar-refractivity contribution in [3.05, 3.63) is 89.2 Å². The van der Waals surface area contributed by atoms with E-state index < -0.39 is 0 Å². The van der Waals surface area contributed by atoms with Gasteiger partial charge in [0.2, 0.25) is 0 Å². The molecule has 0 aliphatic carbocycles. The number of hydrogen-bond acceptors (Lipinski definition) is 4. The second kappa shape index (κ2) is 9.24. The van der Waals surface area contributed by atoms with E-state index in [1.807, 2.05) is 59.2 Å². The fraction of sp³-hybridized carbons (Fsp3) is 0.0909. The van der Waals surface area contributed by atoms with Gasteiger partial charge in [0, 0.05) is 21.5 Å². The Balaban J connectivity index is 1.55. The van der Waals surface area contributed by atoms with Crippen LogP contribution >= 0.6 is 27.7 Å². The smallest absolute Gasteiger partial charge is 0.196 e. The summed E-state index contributed by atoms with van der Waals surface area (Å²) in [5.41, 5.74) is 1.76. The molecule has 0 amide bonds. The lowest BCUT2D eigenvalue weighted by Gasteiger charge is -2.11. The SMILES string of the molecule is Fc1ccc(-n2c(SCCOc3cccc(Br)c3)nnc2-c2ccccc2)cc1. The maximum absolute atomic E-state index is 13.4. The van der Waals surface area contributed by atoms with Crippen LogP contribution < -0.4 is 4.74 Å². The molecule has 146 valence electrons. The van der Waals surface area contributed by atoms with E-state index in [0.29, 0.717) is 18.2 Å². The number of hydrogen-bond donors (Lipinski definition) is 0. The van der Waals surface area contributed by atoms with E-state index in [4.69, 9.17) is 4.74 Å². The molecule has 0 saturated carbocycles. The number of ether oxygens (including phenoxy) is 1. The Labute approximate surface area is 180 Å². The summed E-state index contributed by atoms with van der Waals surface area (Å²) >= 11 is 4.98. The van der Waals surface area contributed by atoms with Gasteiger partial charge >= 0.3 is 0 Å². The Hall–Kier alpha value is -2.64. The van der Waals surface area contributed by atoms with Gasteiger partial charge in [0.1, 0.15) is 11.6 Å². The molecule has 0 bridgehead atoms. The average molecular weight is 470 g/mol. The van der Waals surface area contributed by atoms with Gasteiger partial charge in [-0.05, 0) is 42.5 Å². The Bertz CT molecular complexity index is 1090. The fourth-order valence-corrected chi connectivity index (χ4v) is 3.96. The molecule has 7 heteroatoms. The lowest BCUT2D eigenvalue weighted by Crippen LogP contribution is -2.03. The van der Waals surface area contributed by atoms with Gasteiger partial charge in [-0.1, -0.05) is 64.1 Å². The molecule has 0 spiro atoms. The largest absolute Gasteiger partial charge is 0.493 e. The summed E-state index contributed by atoms with van der Waals surface area (Å²) < 4.78 is 22.1. The van der Waals surface area contributed by atoms with Crippen molar-refractivity contribution < 1.29 is 9.13 Å². The summed E-state index contributed by atoms with van der Waals surface area (Å²) in [6, 6.07) is 23.9. The molecular weight excluding hydrogens is 453 g/mol. The Morgan fingerprint density at radius 2 is 1.72 bits per heavy atom. The molecule has 0 unspecified atom stereocenters. The van der Waals surface area contributed by atoms with E-state index in [0.717, 1.165) is 26.6 Å². The van der Waals surface area contributed by atoms with Crippen molar-refractivity contribution >= 4 is 27.7 Å². The maximum atomic E-state index is 13.4. The molecule has 0 atom stereocenters. The van der Waals surface area contributed by atoms with Gasteiger partial charge in [-0.3, -0.25) is 4.57 Å². The molecule has 4 rings (SSSR count). The van der Waals surface area contributed by atoms with Crippen LogP contribution in [-0.4, -0.2) is 27.1 Å². The number of benzene rings is 3. The van der Waals surface area contributed by atoms with Crippen LogP contribution in [-0.2, 0) is 0 Å². The Morgan fingerprint density at radius 1 is 0.931 bits per heavy atom. The topological polar surface area (TPSA) is 39.9 Å². The predicted octanol–water partition coefficient (Wildman–Crippen LogP) is 6.01. The van der Waals surface area contributed by atoms with Gasteiger partial charge in [0.25, 0.3) is 0 Å². The highest BCUT2D eigenvalue weighted by Gasteiger charge is 2.16. The molecule has 0 N–H and O–H groups in total. The summed E-state index contributed by atoms with van der Waals surface area (Å²) in [6.45, 7) is 0.526. The van der Waals surface area contributed by atoms with Crippen molar-refractivity contribution in [1.29, 1.82) is 0 Å². The van der Waals surface area contributed by atoms with Crippen LogP contribution in [0.4, 0.5) is 4.39 Å².